The lowest BCUT2D eigenvalue weighted by molar-refractivity contribution is 0.0600. The summed E-state index contributed by atoms with van der Waals surface area (Å²) in [5, 5.41) is 0. The third kappa shape index (κ3) is 5.23. The molecule has 1 aliphatic heterocycles. The zero-order valence-electron chi connectivity index (χ0n) is 19.3. The molecule has 1 aromatic heterocycles. The second-order valence-corrected chi connectivity index (χ2v) is 8.25. The average molecular weight is 463 g/mol. The molecule has 0 radical (unpaired) electrons. The van der Waals surface area contributed by atoms with E-state index < -0.39 is 11.8 Å². The van der Waals surface area contributed by atoms with Crippen molar-refractivity contribution in [3.63, 3.8) is 0 Å². The number of aromatic nitrogens is 1. The molecule has 2 heterocycles. The standard InChI is InChI=1S/C26H27FN4O3/c1-29-12-14-30(15-13-29)26(33)31(18-22-6-5-20(16-24(22)27)25(32)34-2)23-9-7-19(8-10-23)21-4-3-11-28-17-21/h3-11,16-17H,12-15,18H2,1-2H3. The first-order valence-electron chi connectivity index (χ1n) is 11.1. The third-order valence-corrected chi connectivity index (χ3v) is 5.98. The highest BCUT2D eigenvalue weighted by Gasteiger charge is 2.26. The summed E-state index contributed by atoms with van der Waals surface area (Å²) in [5.74, 6) is -1.17. The van der Waals surface area contributed by atoms with Gasteiger partial charge in [0, 0.05) is 49.8 Å². The number of hydrogen-bond acceptors (Lipinski definition) is 5. The zero-order valence-corrected chi connectivity index (χ0v) is 19.3. The molecule has 34 heavy (non-hydrogen) atoms. The van der Waals surface area contributed by atoms with Gasteiger partial charge in [0.25, 0.3) is 0 Å². The normalized spacial score (nSPS) is 14.0. The number of hydrogen-bond donors (Lipinski definition) is 0. The highest BCUT2D eigenvalue weighted by atomic mass is 19.1. The number of ether oxygens (including phenoxy) is 1. The van der Waals surface area contributed by atoms with E-state index in [2.05, 4.69) is 14.6 Å². The van der Waals surface area contributed by atoms with Crippen molar-refractivity contribution in [2.45, 2.75) is 6.54 Å². The first kappa shape index (κ1) is 23.4. The van der Waals surface area contributed by atoms with E-state index in [0.717, 1.165) is 30.3 Å². The first-order chi connectivity index (χ1) is 16.5. The SMILES string of the molecule is COC(=O)c1ccc(CN(C(=O)N2CCN(C)CC2)c2ccc(-c3cccnc3)cc2)c(F)c1. The van der Waals surface area contributed by atoms with Crippen LogP contribution in [0.3, 0.4) is 0 Å². The average Bonchev–Trinajstić information content (AvgIpc) is 2.88. The number of rotatable bonds is 5. The topological polar surface area (TPSA) is 66.0 Å². The smallest absolute Gasteiger partial charge is 0.337 e. The van der Waals surface area contributed by atoms with Gasteiger partial charge in [0.05, 0.1) is 19.2 Å². The molecule has 176 valence electrons. The van der Waals surface area contributed by atoms with Crippen LogP contribution in [0.15, 0.2) is 67.0 Å². The summed E-state index contributed by atoms with van der Waals surface area (Å²) in [6, 6.07) is 15.4. The van der Waals surface area contributed by atoms with Gasteiger partial charge in [-0.3, -0.25) is 9.88 Å². The lowest BCUT2D eigenvalue weighted by atomic mass is 10.1. The maximum atomic E-state index is 14.9. The quantitative estimate of drug-likeness (QED) is 0.536. The van der Waals surface area contributed by atoms with Crippen LogP contribution in [0.1, 0.15) is 15.9 Å². The van der Waals surface area contributed by atoms with Gasteiger partial charge in [0.2, 0.25) is 0 Å². The lowest BCUT2D eigenvalue weighted by Crippen LogP contribution is -2.52. The molecule has 2 aromatic carbocycles. The Kier molecular flexibility index (Phi) is 7.18. The number of esters is 1. The van der Waals surface area contributed by atoms with Crippen LogP contribution < -0.4 is 4.90 Å². The molecular formula is C26H27FN4O3. The van der Waals surface area contributed by atoms with E-state index in [1.807, 2.05) is 43.4 Å². The van der Waals surface area contributed by atoms with E-state index in [1.165, 1.54) is 19.2 Å². The Hall–Kier alpha value is -3.78. The van der Waals surface area contributed by atoms with E-state index in [-0.39, 0.29) is 18.1 Å². The van der Waals surface area contributed by atoms with E-state index in [4.69, 9.17) is 0 Å². The maximum Gasteiger partial charge on any atom is 0.337 e. The molecule has 0 aliphatic carbocycles. The van der Waals surface area contributed by atoms with Crippen LogP contribution in [0.4, 0.5) is 14.9 Å². The number of pyridine rings is 1. The fourth-order valence-electron chi connectivity index (χ4n) is 3.90. The molecule has 0 spiro atoms. The van der Waals surface area contributed by atoms with Gasteiger partial charge in [-0.1, -0.05) is 24.3 Å². The minimum absolute atomic E-state index is 0.0324. The second-order valence-electron chi connectivity index (χ2n) is 8.25. The fraction of sp³-hybridized carbons (Fsp3) is 0.269. The number of carbonyl (C=O) groups is 2. The molecule has 1 aliphatic rings. The van der Waals surface area contributed by atoms with Crippen molar-refractivity contribution in [1.29, 1.82) is 0 Å². The molecule has 7 nitrogen and oxygen atoms in total. The number of likely N-dealkylation sites (N-methyl/N-ethyl adjacent to an activating group) is 1. The molecule has 0 N–H and O–H groups in total. The molecule has 1 saturated heterocycles. The minimum Gasteiger partial charge on any atom is -0.465 e. The Labute approximate surface area is 198 Å². The van der Waals surface area contributed by atoms with E-state index in [1.54, 1.807) is 22.2 Å². The number of benzene rings is 2. The van der Waals surface area contributed by atoms with Crippen LogP contribution in [-0.2, 0) is 11.3 Å². The number of nitrogens with zero attached hydrogens (tertiary/aromatic N) is 4. The van der Waals surface area contributed by atoms with Crippen LogP contribution in [0, 0.1) is 5.82 Å². The number of piperazine rings is 1. The van der Waals surface area contributed by atoms with Gasteiger partial charge in [-0.15, -0.1) is 0 Å². The summed E-state index contributed by atoms with van der Waals surface area (Å²) in [5.41, 5.74) is 3.04. The highest BCUT2D eigenvalue weighted by Crippen LogP contribution is 2.26. The number of halogens is 1. The van der Waals surface area contributed by atoms with Crippen molar-refractivity contribution in [3.05, 3.63) is 83.9 Å². The predicted molar refractivity (Wildman–Crippen MR) is 128 cm³/mol. The van der Waals surface area contributed by atoms with Crippen molar-refractivity contribution >= 4 is 17.7 Å². The molecule has 0 unspecified atom stereocenters. The molecular weight excluding hydrogens is 435 g/mol. The van der Waals surface area contributed by atoms with Gasteiger partial charge in [0.1, 0.15) is 5.82 Å². The van der Waals surface area contributed by atoms with Crippen molar-refractivity contribution < 1.29 is 18.7 Å². The van der Waals surface area contributed by atoms with E-state index in [0.29, 0.717) is 24.3 Å². The predicted octanol–water partition coefficient (Wildman–Crippen LogP) is 4.05. The van der Waals surface area contributed by atoms with Gasteiger partial charge < -0.3 is 14.5 Å². The van der Waals surface area contributed by atoms with Crippen LogP contribution >= 0.6 is 0 Å². The number of amides is 2. The Balaban J connectivity index is 1.63. The second kappa shape index (κ2) is 10.4. The Bertz CT molecular complexity index is 1150. The fourth-order valence-corrected chi connectivity index (χ4v) is 3.90. The highest BCUT2D eigenvalue weighted by molar-refractivity contribution is 5.92. The number of carbonyl (C=O) groups excluding carboxylic acids is 2. The van der Waals surface area contributed by atoms with Gasteiger partial charge in [0.15, 0.2) is 0 Å². The Morgan fingerprint density at radius 2 is 1.76 bits per heavy atom. The minimum atomic E-state index is -0.609. The summed E-state index contributed by atoms with van der Waals surface area (Å²) < 4.78 is 19.6. The molecule has 0 atom stereocenters. The largest absolute Gasteiger partial charge is 0.465 e. The van der Waals surface area contributed by atoms with Crippen molar-refractivity contribution in [2.24, 2.45) is 0 Å². The molecule has 8 heteroatoms. The van der Waals surface area contributed by atoms with Crippen molar-refractivity contribution in [2.75, 3.05) is 45.2 Å². The summed E-state index contributed by atoms with van der Waals surface area (Å²) in [4.78, 5) is 35.0. The number of methoxy groups -OCH3 is 1. The van der Waals surface area contributed by atoms with E-state index >= 15 is 0 Å². The van der Waals surface area contributed by atoms with Crippen LogP contribution in [0.2, 0.25) is 0 Å². The summed E-state index contributed by atoms with van der Waals surface area (Å²) in [6.45, 7) is 2.79. The van der Waals surface area contributed by atoms with Gasteiger partial charge in [-0.2, -0.15) is 0 Å². The third-order valence-electron chi connectivity index (χ3n) is 5.98. The van der Waals surface area contributed by atoms with Gasteiger partial charge in [-0.05, 0) is 48.5 Å². The maximum absolute atomic E-state index is 14.9. The molecule has 0 saturated carbocycles. The number of anilines is 1. The summed E-state index contributed by atoms with van der Waals surface area (Å²) in [7, 11) is 3.27. The zero-order chi connectivity index (χ0) is 24.1. The lowest BCUT2D eigenvalue weighted by Gasteiger charge is -2.36. The van der Waals surface area contributed by atoms with E-state index in [9.17, 15) is 14.0 Å². The molecule has 0 bridgehead atoms. The number of urea groups is 1. The monoisotopic (exact) mass is 462 g/mol. The van der Waals surface area contributed by atoms with Crippen LogP contribution in [-0.4, -0.2) is 67.1 Å². The summed E-state index contributed by atoms with van der Waals surface area (Å²) >= 11 is 0. The Morgan fingerprint density at radius 1 is 1.03 bits per heavy atom. The summed E-state index contributed by atoms with van der Waals surface area (Å²) in [6.07, 6.45) is 3.49. The van der Waals surface area contributed by atoms with Crippen molar-refractivity contribution in [1.82, 2.24) is 14.8 Å². The van der Waals surface area contributed by atoms with Crippen LogP contribution in [0.25, 0.3) is 11.1 Å². The van der Waals surface area contributed by atoms with Gasteiger partial charge in [-0.25, -0.2) is 14.0 Å². The van der Waals surface area contributed by atoms with Crippen molar-refractivity contribution in [3.8, 4) is 11.1 Å². The van der Waals surface area contributed by atoms with Gasteiger partial charge >= 0.3 is 12.0 Å². The first-order valence-corrected chi connectivity index (χ1v) is 11.1. The molecule has 2 amide bonds. The molecule has 1 fully saturated rings. The molecule has 4 rings (SSSR count). The van der Waals surface area contributed by atoms with Crippen LogP contribution in [0.5, 0.6) is 0 Å². The Morgan fingerprint density at radius 3 is 2.38 bits per heavy atom. The molecule has 3 aromatic rings.